The van der Waals surface area contributed by atoms with Crippen LogP contribution in [0.1, 0.15) is 40.8 Å². The van der Waals surface area contributed by atoms with Crippen LogP contribution in [-0.4, -0.2) is 57.6 Å². The molecule has 140 valence electrons. The van der Waals surface area contributed by atoms with E-state index in [1.165, 1.54) is 0 Å². The summed E-state index contributed by atoms with van der Waals surface area (Å²) in [7, 11) is 3.37. The van der Waals surface area contributed by atoms with Gasteiger partial charge in [-0.1, -0.05) is 0 Å². The third-order valence-electron chi connectivity index (χ3n) is 4.64. The van der Waals surface area contributed by atoms with Gasteiger partial charge in [0.05, 0.1) is 12.2 Å². The van der Waals surface area contributed by atoms with Gasteiger partial charge in [0, 0.05) is 38.9 Å². The number of hydrogen-bond donors (Lipinski definition) is 3. The Kier molecular flexibility index (Phi) is 5.79. The van der Waals surface area contributed by atoms with E-state index in [4.69, 9.17) is 4.74 Å². The average Bonchev–Trinajstić information content (AvgIpc) is 3.04. The van der Waals surface area contributed by atoms with E-state index in [0.717, 1.165) is 18.7 Å². The molecule has 0 atom stereocenters. The Morgan fingerprint density at radius 1 is 1.42 bits per heavy atom. The van der Waals surface area contributed by atoms with Crippen LogP contribution in [0.5, 0.6) is 0 Å². The van der Waals surface area contributed by atoms with Crippen molar-refractivity contribution in [3.05, 3.63) is 35.5 Å². The number of aromatic nitrogens is 4. The number of carbonyl (C=O) groups is 1. The second kappa shape index (κ2) is 8.24. The molecule has 0 saturated heterocycles. The van der Waals surface area contributed by atoms with Crippen molar-refractivity contribution in [2.45, 2.75) is 38.0 Å². The normalized spacial score (nSPS) is 19.0. The SMILES string of the molecule is CNc1ncccc1C(=O)NC1CC(c2nnc(CO)n2CCOC)C1. The highest BCUT2D eigenvalue weighted by Gasteiger charge is 2.35. The second-order valence-electron chi connectivity index (χ2n) is 6.27. The highest BCUT2D eigenvalue weighted by Crippen LogP contribution is 2.36. The lowest BCUT2D eigenvalue weighted by atomic mass is 9.79. The minimum atomic E-state index is -0.155. The molecule has 2 aromatic rings. The molecule has 2 heterocycles. The minimum Gasteiger partial charge on any atom is -0.388 e. The van der Waals surface area contributed by atoms with Gasteiger partial charge in [-0.15, -0.1) is 10.2 Å². The number of aliphatic hydroxyl groups excluding tert-OH is 1. The van der Waals surface area contributed by atoms with Crippen molar-refractivity contribution in [3.8, 4) is 0 Å². The topological polar surface area (TPSA) is 114 Å². The summed E-state index contributed by atoms with van der Waals surface area (Å²) in [6.07, 6.45) is 3.22. The number of hydrogen-bond acceptors (Lipinski definition) is 7. The van der Waals surface area contributed by atoms with E-state index in [0.29, 0.717) is 30.4 Å². The Morgan fingerprint density at radius 3 is 2.92 bits per heavy atom. The van der Waals surface area contributed by atoms with E-state index in [1.54, 1.807) is 32.5 Å². The molecule has 3 rings (SSSR count). The fourth-order valence-electron chi connectivity index (χ4n) is 3.19. The van der Waals surface area contributed by atoms with Crippen molar-refractivity contribution >= 4 is 11.7 Å². The number of nitrogens with zero attached hydrogens (tertiary/aromatic N) is 4. The van der Waals surface area contributed by atoms with E-state index in [1.807, 2.05) is 4.57 Å². The van der Waals surface area contributed by atoms with Gasteiger partial charge in [-0.2, -0.15) is 0 Å². The molecule has 1 fully saturated rings. The molecule has 0 radical (unpaired) electrons. The predicted octanol–water partition coefficient (Wildman–Crippen LogP) is 0.529. The number of nitrogens with one attached hydrogen (secondary N) is 2. The van der Waals surface area contributed by atoms with Crippen LogP contribution in [0.4, 0.5) is 5.82 Å². The first-order valence-corrected chi connectivity index (χ1v) is 8.63. The summed E-state index contributed by atoms with van der Waals surface area (Å²) < 4.78 is 7.03. The van der Waals surface area contributed by atoms with Crippen LogP contribution >= 0.6 is 0 Å². The molecule has 0 unspecified atom stereocenters. The molecule has 2 aromatic heterocycles. The molecule has 9 heteroatoms. The summed E-state index contributed by atoms with van der Waals surface area (Å²) in [5.74, 6) is 2.02. The standard InChI is InChI=1S/C17H24N6O3/c1-18-15-13(4-3-5-19-15)17(25)20-12-8-11(9-12)16-22-21-14(10-24)23(16)6-7-26-2/h3-5,11-12,24H,6-10H2,1-2H3,(H,18,19)(H,20,25). The highest BCUT2D eigenvalue weighted by atomic mass is 16.5. The Morgan fingerprint density at radius 2 is 2.23 bits per heavy atom. The predicted molar refractivity (Wildman–Crippen MR) is 94.8 cm³/mol. The number of carbonyl (C=O) groups excluding carboxylic acids is 1. The molecule has 0 bridgehead atoms. The van der Waals surface area contributed by atoms with Crippen LogP contribution < -0.4 is 10.6 Å². The van der Waals surface area contributed by atoms with Crippen LogP contribution in [0.25, 0.3) is 0 Å². The van der Waals surface area contributed by atoms with Crippen molar-refractivity contribution in [2.75, 3.05) is 26.1 Å². The third-order valence-corrected chi connectivity index (χ3v) is 4.64. The number of methoxy groups -OCH3 is 1. The maximum Gasteiger partial charge on any atom is 0.255 e. The fourth-order valence-corrected chi connectivity index (χ4v) is 3.19. The molecule has 0 aromatic carbocycles. The first kappa shape index (κ1) is 18.3. The molecule has 1 saturated carbocycles. The lowest BCUT2D eigenvalue weighted by Gasteiger charge is -2.35. The van der Waals surface area contributed by atoms with Crippen LogP contribution in [0.3, 0.4) is 0 Å². The van der Waals surface area contributed by atoms with Crippen molar-refractivity contribution in [1.29, 1.82) is 0 Å². The lowest BCUT2D eigenvalue weighted by molar-refractivity contribution is 0.0907. The molecule has 3 N–H and O–H groups in total. The van der Waals surface area contributed by atoms with Crippen molar-refractivity contribution < 1.29 is 14.6 Å². The number of rotatable bonds is 8. The smallest absolute Gasteiger partial charge is 0.255 e. The highest BCUT2D eigenvalue weighted by molar-refractivity contribution is 5.98. The van der Waals surface area contributed by atoms with Crippen molar-refractivity contribution in [2.24, 2.45) is 0 Å². The second-order valence-corrected chi connectivity index (χ2v) is 6.27. The molecular weight excluding hydrogens is 336 g/mol. The number of amides is 1. The van der Waals surface area contributed by atoms with E-state index < -0.39 is 0 Å². The number of aliphatic hydroxyl groups is 1. The molecule has 1 aliphatic carbocycles. The van der Waals surface area contributed by atoms with E-state index in [2.05, 4.69) is 25.8 Å². The van der Waals surface area contributed by atoms with Crippen LogP contribution in [0, 0.1) is 0 Å². The van der Waals surface area contributed by atoms with Gasteiger partial charge in [-0.3, -0.25) is 4.79 Å². The van der Waals surface area contributed by atoms with Crippen LogP contribution in [0.2, 0.25) is 0 Å². The first-order valence-electron chi connectivity index (χ1n) is 8.63. The Hall–Kier alpha value is -2.52. The largest absolute Gasteiger partial charge is 0.388 e. The summed E-state index contributed by atoms with van der Waals surface area (Å²) in [6, 6.07) is 3.58. The number of pyridine rings is 1. The molecule has 0 aliphatic heterocycles. The van der Waals surface area contributed by atoms with Gasteiger partial charge in [0.1, 0.15) is 18.2 Å². The van der Waals surface area contributed by atoms with E-state index in [-0.39, 0.29) is 24.5 Å². The van der Waals surface area contributed by atoms with E-state index in [9.17, 15) is 9.90 Å². The van der Waals surface area contributed by atoms with Gasteiger partial charge in [0.2, 0.25) is 0 Å². The zero-order chi connectivity index (χ0) is 18.5. The first-order chi connectivity index (χ1) is 12.7. The van der Waals surface area contributed by atoms with Gasteiger partial charge < -0.3 is 25.0 Å². The molecular formula is C17H24N6O3. The molecule has 1 aliphatic rings. The molecule has 26 heavy (non-hydrogen) atoms. The third kappa shape index (κ3) is 3.68. The Bertz CT molecular complexity index is 757. The molecule has 9 nitrogen and oxygen atoms in total. The summed E-state index contributed by atoms with van der Waals surface area (Å²) in [5, 5.41) is 23.7. The van der Waals surface area contributed by atoms with Crippen molar-refractivity contribution in [3.63, 3.8) is 0 Å². The van der Waals surface area contributed by atoms with Gasteiger partial charge in [-0.25, -0.2) is 4.98 Å². The van der Waals surface area contributed by atoms with Gasteiger partial charge in [-0.05, 0) is 25.0 Å². The van der Waals surface area contributed by atoms with Crippen LogP contribution in [0.15, 0.2) is 18.3 Å². The summed E-state index contributed by atoms with van der Waals surface area (Å²) in [4.78, 5) is 16.6. The van der Waals surface area contributed by atoms with Crippen LogP contribution in [-0.2, 0) is 17.9 Å². The lowest BCUT2D eigenvalue weighted by Crippen LogP contribution is -2.44. The molecule has 0 spiro atoms. The van der Waals surface area contributed by atoms with Crippen molar-refractivity contribution in [1.82, 2.24) is 25.1 Å². The maximum atomic E-state index is 12.5. The van der Waals surface area contributed by atoms with E-state index >= 15 is 0 Å². The quantitative estimate of drug-likeness (QED) is 0.629. The Balaban J connectivity index is 1.61. The van der Waals surface area contributed by atoms with Gasteiger partial charge in [0.25, 0.3) is 5.91 Å². The summed E-state index contributed by atoms with van der Waals surface area (Å²) >= 11 is 0. The Labute approximate surface area is 151 Å². The van der Waals surface area contributed by atoms with Gasteiger partial charge >= 0.3 is 0 Å². The fraction of sp³-hybridized carbons (Fsp3) is 0.529. The monoisotopic (exact) mass is 360 g/mol. The summed E-state index contributed by atoms with van der Waals surface area (Å²) in [5.41, 5.74) is 0.532. The zero-order valence-corrected chi connectivity index (χ0v) is 15.0. The minimum absolute atomic E-state index is 0.0857. The zero-order valence-electron chi connectivity index (χ0n) is 15.0. The summed E-state index contributed by atoms with van der Waals surface area (Å²) in [6.45, 7) is 0.972. The number of anilines is 1. The molecule has 1 amide bonds. The average molecular weight is 360 g/mol. The number of ether oxygens (including phenoxy) is 1. The maximum absolute atomic E-state index is 12.5. The van der Waals surface area contributed by atoms with Gasteiger partial charge in [0.15, 0.2) is 5.82 Å².